The third-order valence-corrected chi connectivity index (χ3v) is 3.08. The Kier molecular flexibility index (Phi) is 5.50. The van der Waals surface area contributed by atoms with E-state index in [0.29, 0.717) is 12.0 Å². The lowest BCUT2D eigenvalue weighted by molar-refractivity contribution is -0.137. The number of amides is 1. The quantitative estimate of drug-likeness (QED) is 0.607. The molecule has 106 valence electrons. The molecule has 0 saturated heterocycles. The molecule has 0 heterocycles. The van der Waals surface area contributed by atoms with Crippen LogP contribution in [0.1, 0.15) is 18.1 Å². The van der Waals surface area contributed by atoms with Gasteiger partial charge in [0.25, 0.3) is 0 Å². The highest BCUT2D eigenvalue weighted by molar-refractivity contribution is 6.31. The zero-order valence-electron chi connectivity index (χ0n) is 10.1. The molecule has 1 rings (SSSR count). The number of alkyl halides is 5. The van der Waals surface area contributed by atoms with Gasteiger partial charge < -0.3 is 0 Å². The molecule has 19 heavy (non-hydrogen) atoms. The second-order valence-electron chi connectivity index (χ2n) is 3.74. The van der Waals surface area contributed by atoms with Crippen LogP contribution in [0.2, 0.25) is 0 Å². The number of anilines is 1. The molecule has 7 heteroatoms. The topological polar surface area (TPSA) is 20.3 Å². The minimum Gasteiger partial charge on any atom is -0.296 e. The first-order valence-electron chi connectivity index (χ1n) is 5.48. The summed E-state index contributed by atoms with van der Waals surface area (Å²) in [7, 11) is 0. The third kappa shape index (κ3) is 3.54. The molecule has 2 nitrogen and oxygen atoms in total. The zero-order valence-corrected chi connectivity index (χ0v) is 11.6. The minimum atomic E-state index is -4.56. The first kappa shape index (κ1) is 16.1. The van der Waals surface area contributed by atoms with Gasteiger partial charge in [-0.25, -0.2) is 0 Å². The average Bonchev–Trinajstić information content (AvgIpc) is 2.38. The number of rotatable bonds is 4. The predicted octanol–water partition coefficient (Wildman–Crippen LogP) is 4.04. The molecule has 0 N–H and O–H groups in total. The second-order valence-corrected chi connectivity index (χ2v) is 4.25. The molecule has 1 aromatic rings. The van der Waals surface area contributed by atoms with E-state index in [1.807, 2.05) is 0 Å². The molecule has 0 aliphatic rings. The maximum Gasteiger partial charge on any atom is 0.418 e. The normalized spacial score (nSPS) is 11.5. The molecule has 0 radical (unpaired) electrons. The van der Waals surface area contributed by atoms with E-state index in [9.17, 15) is 18.0 Å². The van der Waals surface area contributed by atoms with Crippen LogP contribution in [0.15, 0.2) is 18.2 Å². The van der Waals surface area contributed by atoms with E-state index in [0.717, 1.165) is 11.0 Å². The summed E-state index contributed by atoms with van der Waals surface area (Å²) in [6, 6.07) is 3.38. The Hall–Kier alpha value is -0.940. The fraction of sp³-hybridized carbons (Fsp3) is 0.417. The molecule has 0 fully saturated rings. The SMILES string of the molecule is CCc1cccc(C(F)(F)F)c1N(CCl)C(=O)CCl. The molecule has 0 bridgehead atoms. The summed E-state index contributed by atoms with van der Waals surface area (Å²) in [5.41, 5.74) is -0.696. The van der Waals surface area contributed by atoms with Crippen LogP contribution in [0.25, 0.3) is 0 Å². The van der Waals surface area contributed by atoms with Crippen molar-refractivity contribution in [3.8, 4) is 0 Å². The smallest absolute Gasteiger partial charge is 0.296 e. The van der Waals surface area contributed by atoms with Gasteiger partial charge in [-0.2, -0.15) is 13.2 Å². The molecule has 0 saturated carbocycles. The van der Waals surface area contributed by atoms with Gasteiger partial charge in [-0.05, 0) is 18.1 Å². The number of carbonyl (C=O) groups is 1. The van der Waals surface area contributed by atoms with E-state index in [-0.39, 0.29) is 11.7 Å². The number of para-hydroxylation sites is 1. The largest absolute Gasteiger partial charge is 0.418 e. The van der Waals surface area contributed by atoms with Crippen molar-refractivity contribution in [1.29, 1.82) is 0 Å². The van der Waals surface area contributed by atoms with Gasteiger partial charge in [0, 0.05) is 0 Å². The number of halogens is 5. The number of nitrogens with zero attached hydrogens (tertiary/aromatic N) is 1. The van der Waals surface area contributed by atoms with Crippen molar-refractivity contribution in [2.24, 2.45) is 0 Å². The molecular formula is C12H12Cl2F3NO. The van der Waals surface area contributed by atoms with Crippen molar-refractivity contribution < 1.29 is 18.0 Å². The standard InChI is InChI=1S/C12H12Cl2F3NO/c1-2-8-4-3-5-9(12(15,16)17)11(8)18(7-14)10(19)6-13/h3-5H,2,6-7H2,1H3. The summed E-state index contributed by atoms with van der Waals surface area (Å²) < 4.78 is 39.0. The number of carbonyl (C=O) groups excluding carboxylic acids is 1. The number of hydrogen-bond acceptors (Lipinski definition) is 1. The lowest BCUT2D eigenvalue weighted by Gasteiger charge is -2.25. The number of benzene rings is 1. The van der Waals surface area contributed by atoms with Crippen molar-refractivity contribution in [3.63, 3.8) is 0 Å². The Morgan fingerprint density at radius 2 is 1.95 bits per heavy atom. The van der Waals surface area contributed by atoms with Crippen molar-refractivity contribution in [2.45, 2.75) is 19.5 Å². The van der Waals surface area contributed by atoms with Gasteiger partial charge in [-0.1, -0.05) is 19.1 Å². The molecule has 0 spiro atoms. The van der Waals surface area contributed by atoms with Gasteiger partial charge in [0.05, 0.1) is 11.3 Å². The Morgan fingerprint density at radius 1 is 1.32 bits per heavy atom. The van der Waals surface area contributed by atoms with Crippen LogP contribution >= 0.6 is 23.2 Å². The van der Waals surface area contributed by atoms with Crippen LogP contribution in [0.4, 0.5) is 18.9 Å². The second kappa shape index (κ2) is 6.48. The van der Waals surface area contributed by atoms with Crippen LogP contribution in [-0.4, -0.2) is 17.8 Å². The number of aryl methyl sites for hydroxylation is 1. The van der Waals surface area contributed by atoms with Gasteiger partial charge in [0.1, 0.15) is 11.9 Å². The lowest BCUT2D eigenvalue weighted by Crippen LogP contribution is -2.33. The van der Waals surface area contributed by atoms with Crippen molar-refractivity contribution >= 4 is 34.8 Å². The number of hydrogen-bond donors (Lipinski definition) is 0. The average molecular weight is 314 g/mol. The highest BCUT2D eigenvalue weighted by atomic mass is 35.5. The summed E-state index contributed by atoms with van der Waals surface area (Å²) in [5, 5.41) is 0. The molecule has 0 aliphatic heterocycles. The Balaban J connectivity index is 3.48. The molecule has 0 aromatic heterocycles. The summed E-state index contributed by atoms with van der Waals surface area (Å²) in [4.78, 5) is 12.5. The molecule has 1 amide bonds. The fourth-order valence-electron chi connectivity index (χ4n) is 1.75. The molecule has 0 atom stereocenters. The van der Waals surface area contributed by atoms with E-state index in [1.54, 1.807) is 6.92 Å². The first-order chi connectivity index (χ1) is 8.86. The maximum absolute atomic E-state index is 13.0. The fourth-order valence-corrected chi connectivity index (χ4v) is 2.14. The van der Waals surface area contributed by atoms with Gasteiger partial charge in [0.2, 0.25) is 5.91 Å². The van der Waals surface area contributed by atoms with Gasteiger partial charge >= 0.3 is 6.18 Å². The van der Waals surface area contributed by atoms with E-state index in [4.69, 9.17) is 23.2 Å². The summed E-state index contributed by atoms with van der Waals surface area (Å²) in [5.74, 6) is -1.09. The van der Waals surface area contributed by atoms with Gasteiger partial charge in [0.15, 0.2) is 0 Å². The molecular weight excluding hydrogens is 302 g/mol. The molecule has 0 unspecified atom stereocenters. The van der Waals surface area contributed by atoms with Crippen LogP contribution in [-0.2, 0) is 17.4 Å². The summed E-state index contributed by atoms with van der Waals surface area (Å²) in [6.45, 7) is 1.70. The Bertz CT molecular complexity index is 463. The van der Waals surface area contributed by atoms with E-state index >= 15 is 0 Å². The zero-order chi connectivity index (χ0) is 14.6. The summed E-state index contributed by atoms with van der Waals surface area (Å²) in [6.07, 6.45) is -4.21. The van der Waals surface area contributed by atoms with E-state index in [2.05, 4.69) is 0 Å². The van der Waals surface area contributed by atoms with Crippen LogP contribution < -0.4 is 4.90 Å². The lowest BCUT2D eigenvalue weighted by atomic mass is 10.0. The highest BCUT2D eigenvalue weighted by Crippen LogP contribution is 2.39. The van der Waals surface area contributed by atoms with Crippen molar-refractivity contribution in [1.82, 2.24) is 0 Å². The van der Waals surface area contributed by atoms with E-state index < -0.39 is 23.5 Å². The summed E-state index contributed by atoms with van der Waals surface area (Å²) >= 11 is 11.0. The van der Waals surface area contributed by atoms with Crippen molar-refractivity contribution in [2.75, 3.05) is 16.8 Å². The van der Waals surface area contributed by atoms with Crippen LogP contribution in [0.5, 0.6) is 0 Å². The van der Waals surface area contributed by atoms with Gasteiger partial charge in [-0.3, -0.25) is 9.69 Å². The molecule has 0 aliphatic carbocycles. The monoisotopic (exact) mass is 313 g/mol. The van der Waals surface area contributed by atoms with Crippen LogP contribution in [0, 0.1) is 0 Å². The third-order valence-electron chi connectivity index (χ3n) is 2.61. The Labute approximate surface area is 119 Å². The maximum atomic E-state index is 13.0. The Morgan fingerprint density at radius 3 is 2.37 bits per heavy atom. The predicted molar refractivity (Wildman–Crippen MR) is 69.7 cm³/mol. The first-order valence-corrected chi connectivity index (χ1v) is 6.55. The van der Waals surface area contributed by atoms with Crippen molar-refractivity contribution in [3.05, 3.63) is 29.3 Å². The van der Waals surface area contributed by atoms with Crippen LogP contribution in [0.3, 0.4) is 0 Å². The van der Waals surface area contributed by atoms with E-state index in [1.165, 1.54) is 12.1 Å². The highest BCUT2D eigenvalue weighted by Gasteiger charge is 2.36. The minimum absolute atomic E-state index is 0.210. The van der Waals surface area contributed by atoms with Gasteiger partial charge in [-0.15, -0.1) is 23.2 Å². The molecule has 1 aromatic carbocycles.